The minimum Gasteiger partial charge on any atom is -0.480 e. The van der Waals surface area contributed by atoms with Crippen molar-refractivity contribution >= 4 is 5.97 Å². The molecule has 0 aliphatic heterocycles. The summed E-state index contributed by atoms with van der Waals surface area (Å²) in [5, 5.41) is 19.0. The molecule has 6 heteroatoms. The molecule has 0 aromatic carbocycles. The van der Waals surface area contributed by atoms with E-state index in [1.54, 1.807) is 0 Å². The molecule has 0 saturated carbocycles. The van der Waals surface area contributed by atoms with Gasteiger partial charge in [0, 0.05) is 12.2 Å². The van der Waals surface area contributed by atoms with Crippen molar-refractivity contribution in [2.75, 3.05) is 0 Å². The van der Waals surface area contributed by atoms with Gasteiger partial charge in [0.15, 0.2) is 0 Å². The Bertz CT molecular complexity index is 320. The lowest BCUT2D eigenvalue weighted by Gasteiger charge is -2.20. The maximum Gasteiger partial charge on any atom is 0.328 e. The average Bonchev–Trinajstić information content (AvgIpc) is 2.04. The number of nitrogens with zero attached hydrogens (tertiary/aromatic N) is 1. The monoisotopic (exact) mass is 184 g/mol. The first-order chi connectivity index (χ1) is 5.96. The largest absolute Gasteiger partial charge is 0.480 e. The summed E-state index contributed by atoms with van der Waals surface area (Å²) in [6, 6.07) is 0. The number of hydrogen-bond donors (Lipinski definition) is 2. The van der Waals surface area contributed by atoms with Crippen molar-refractivity contribution in [3.05, 3.63) is 34.0 Å². The van der Waals surface area contributed by atoms with Crippen LogP contribution in [0.3, 0.4) is 0 Å². The lowest BCUT2D eigenvalue weighted by atomic mass is 9.91. The van der Waals surface area contributed by atoms with E-state index < -0.39 is 16.4 Å². The Kier molecular flexibility index (Phi) is 2.16. The number of nitrogens with two attached hydrogens (primary N) is 1. The van der Waals surface area contributed by atoms with Crippen molar-refractivity contribution in [1.29, 1.82) is 0 Å². The summed E-state index contributed by atoms with van der Waals surface area (Å²) in [4.78, 5) is 20.3. The summed E-state index contributed by atoms with van der Waals surface area (Å²) in [5.74, 6) is -1.27. The molecule has 0 radical (unpaired) electrons. The quantitative estimate of drug-likeness (QED) is 0.460. The highest BCUT2D eigenvalue weighted by molar-refractivity contribution is 5.82. The molecule has 0 saturated heterocycles. The molecular weight excluding hydrogens is 176 g/mol. The number of carboxylic acids is 1. The maximum atomic E-state index is 10.6. The van der Waals surface area contributed by atoms with Crippen LogP contribution in [0.4, 0.5) is 0 Å². The first-order valence-corrected chi connectivity index (χ1v) is 3.52. The Hall–Kier alpha value is -1.69. The molecule has 13 heavy (non-hydrogen) atoms. The van der Waals surface area contributed by atoms with Gasteiger partial charge in [-0.15, -0.1) is 0 Å². The van der Waals surface area contributed by atoms with Crippen LogP contribution in [0.25, 0.3) is 0 Å². The molecule has 0 bridgehead atoms. The highest BCUT2D eigenvalue weighted by atomic mass is 16.6. The van der Waals surface area contributed by atoms with Crippen molar-refractivity contribution in [3.8, 4) is 0 Å². The number of aliphatic carboxylic acids is 1. The Morgan fingerprint density at radius 3 is 2.85 bits per heavy atom. The van der Waals surface area contributed by atoms with Gasteiger partial charge in [-0.1, -0.05) is 6.08 Å². The molecule has 6 nitrogen and oxygen atoms in total. The van der Waals surface area contributed by atoms with Gasteiger partial charge in [0.25, 0.3) is 5.70 Å². The number of rotatable bonds is 2. The first kappa shape index (κ1) is 9.40. The molecule has 1 aliphatic rings. The lowest BCUT2D eigenvalue weighted by molar-refractivity contribution is -0.419. The Morgan fingerprint density at radius 2 is 2.38 bits per heavy atom. The molecule has 0 spiro atoms. The number of nitro groups is 1. The molecule has 0 fully saturated rings. The summed E-state index contributed by atoms with van der Waals surface area (Å²) in [5.41, 5.74) is 3.48. The van der Waals surface area contributed by atoms with Gasteiger partial charge >= 0.3 is 5.97 Å². The van der Waals surface area contributed by atoms with Crippen molar-refractivity contribution in [2.24, 2.45) is 5.73 Å². The topological polar surface area (TPSA) is 106 Å². The van der Waals surface area contributed by atoms with Gasteiger partial charge in [0.05, 0.1) is 4.92 Å². The number of carboxylic acid groups (broad SMARTS) is 1. The fourth-order valence-corrected chi connectivity index (χ4v) is 1.01. The van der Waals surface area contributed by atoms with Gasteiger partial charge in [-0.05, 0) is 6.42 Å². The molecule has 0 aromatic rings. The Balaban J connectivity index is 3.02. The standard InChI is InChI=1S/C7H8N2O4/c8-7(6(10)11)3-1-2-5(4-7)9(12)13/h1-2,4H,3,8H2,(H,10,11). The summed E-state index contributed by atoms with van der Waals surface area (Å²) in [7, 11) is 0. The van der Waals surface area contributed by atoms with E-state index in [-0.39, 0.29) is 12.1 Å². The molecule has 1 aliphatic carbocycles. The van der Waals surface area contributed by atoms with Crippen LogP contribution < -0.4 is 5.73 Å². The second-order valence-corrected chi connectivity index (χ2v) is 2.78. The van der Waals surface area contributed by atoms with Gasteiger partial charge in [-0.2, -0.15) is 0 Å². The molecule has 0 heterocycles. The Morgan fingerprint density at radius 1 is 1.77 bits per heavy atom. The zero-order valence-corrected chi connectivity index (χ0v) is 6.64. The van der Waals surface area contributed by atoms with Crippen LogP contribution in [0.1, 0.15) is 6.42 Å². The molecular formula is C7H8N2O4. The predicted octanol–water partition coefficient (Wildman–Crippen LogP) is -0.111. The third-order valence-electron chi connectivity index (χ3n) is 1.76. The van der Waals surface area contributed by atoms with Crippen molar-refractivity contribution < 1.29 is 14.8 Å². The van der Waals surface area contributed by atoms with Gasteiger partial charge in [0.1, 0.15) is 5.54 Å². The van der Waals surface area contributed by atoms with Crippen LogP contribution in [-0.2, 0) is 4.79 Å². The summed E-state index contributed by atoms with van der Waals surface area (Å²) in [6.45, 7) is 0. The van der Waals surface area contributed by atoms with E-state index in [2.05, 4.69) is 0 Å². The van der Waals surface area contributed by atoms with Crippen molar-refractivity contribution in [1.82, 2.24) is 0 Å². The van der Waals surface area contributed by atoms with E-state index in [1.807, 2.05) is 0 Å². The Labute approximate surface area is 73.5 Å². The van der Waals surface area contributed by atoms with Crippen LogP contribution >= 0.6 is 0 Å². The summed E-state index contributed by atoms with van der Waals surface area (Å²) in [6.07, 6.45) is 3.65. The number of carbonyl (C=O) groups is 1. The van der Waals surface area contributed by atoms with E-state index in [0.717, 1.165) is 6.08 Å². The van der Waals surface area contributed by atoms with Crippen LogP contribution in [0.15, 0.2) is 23.9 Å². The van der Waals surface area contributed by atoms with Crippen molar-refractivity contribution in [3.63, 3.8) is 0 Å². The van der Waals surface area contributed by atoms with E-state index in [4.69, 9.17) is 10.8 Å². The van der Waals surface area contributed by atoms with Crippen LogP contribution in [-0.4, -0.2) is 21.5 Å². The molecule has 1 atom stereocenters. The zero-order chi connectivity index (χ0) is 10.1. The van der Waals surface area contributed by atoms with Gasteiger partial charge in [0.2, 0.25) is 0 Å². The molecule has 1 rings (SSSR count). The molecule has 1 unspecified atom stereocenters. The highest BCUT2D eigenvalue weighted by Gasteiger charge is 2.35. The normalized spacial score (nSPS) is 26.7. The lowest BCUT2D eigenvalue weighted by Crippen LogP contribution is -2.47. The van der Waals surface area contributed by atoms with Crippen molar-refractivity contribution in [2.45, 2.75) is 12.0 Å². The van der Waals surface area contributed by atoms with Gasteiger partial charge in [-0.25, -0.2) is 4.79 Å². The van der Waals surface area contributed by atoms with Gasteiger partial charge < -0.3 is 10.8 Å². The highest BCUT2D eigenvalue weighted by Crippen LogP contribution is 2.19. The second kappa shape index (κ2) is 2.98. The predicted molar refractivity (Wildman–Crippen MR) is 43.4 cm³/mol. The van der Waals surface area contributed by atoms with Crippen LogP contribution in [0, 0.1) is 10.1 Å². The smallest absolute Gasteiger partial charge is 0.328 e. The third-order valence-corrected chi connectivity index (χ3v) is 1.76. The maximum absolute atomic E-state index is 10.6. The minimum absolute atomic E-state index is 0.0691. The second-order valence-electron chi connectivity index (χ2n) is 2.78. The minimum atomic E-state index is -1.64. The molecule has 70 valence electrons. The van der Waals surface area contributed by atoms with Crippen LogP contribution in [0.2, 0.25) is 0 Å². The molecule has 0 aromatic heterocycles. The van der Waals surface area contributed by atoms with E-state index in [9.17, 15) is 14.9 Å². The fraction of sp³-hybridized carbons (Fsp3) is 0.286. The third kappa shape index (κ3) is 1.73. The first-order valence-electron chi connectivity index (χ1n) is 3.52. The SMILES string of the molecule is NC1(C(=O)O)C=C([N+](=O)[O-])C=CC1. The fourth-order valence-electron chi connectivity index (χ4n) is 1.01. The molecule has 3 N–H and O–H groups in total. The summed E-state index contributed by atoms with van der Waals surface area (Å²) < 4.78 is 0. The van der Waals surface area contributed by atoms with E-state index in [0.29, 0.717) is 0 Å². The molecule has 0 amide bonds. The summed E-state index contributed by atoms with van der Waals surface area (Å²) >= 11 is 0. The van der Waals surface area contributed by atoms with Crippen LogP contribution in [0.5, 0.6) is 0 Å². The number of hydrogen-bond acceptors (Lipinski definition) is 4. The average molecular weight is 184 g/mol. The zero-order valence-electron chi connectivity index (χ0n) is 6.64. The number of allylic oxidation sites excluding steroid dienone is 1. The van der Waals surface area contributed by atoms with E-state index >= 15 is 0 Å². The van der Waals surface area contributed by atoms with E-state index in [1.165, 1.54) is 12.2 Å². The van der Waals surface area contributed by atoms with Gasteiger partial charge in [-0.3, -0.25) is 10.1 Å².